The molecule has 0 unspecified atom stereocenters. The topological polar surface area (TPSA) is 102 Å². The SMILES string of the molecule is C[C@@H]1C[C@@H](c2ccc(C(F)(F)F)c3ncccc23)CN(C(=O)Cn2cccn2)C1.C[C@@H]1C[C@H](c2ccc(C(F)(F)F)c3ncccc23)CN(C(=O)Cn2cccn2)C1. The molecule has 0 radical (unpaired) electrons. The first-order valence-electron chi connectivity index (χ1n) is 19.1. The van der Waals surface area contributed by atoms with Crippen LogP contribution in [0.4, 0.5) is 26.3 Å². The second-order valence-electron chi connectivity index (χ2n) is 15.3. The van der Waals surface area contributed by atoms with Crippen molar-refractivity contribution in [2.45, 2.75) is 64.0 Å². The third-order valence-electron chi connectivity index (χ3n) is 10.8. The van der Waals surface area contributed by atoms with Gasteiger partial charge in [0.05, 0.1) is 22.2 Å². The first-order chi connectivity index (χ1) is 27.7. The van der Waals surface area contributed by atoms with E-state index in [1.165, 1.54) is 12.4 Å². The Kier molecular flexibility index (Phi) is 11.6. The molecule has 8 rings (SSSR count). The van der Waals surface area contributed by atoms with Crippen LogP contribution in [-0.2, 0) is 35.0 Å². The number of halogens is 6. The number of carbonyl (C=O) groups excluding carboxylic acids is 2. The highest BCUT2D eigenvalue weighted by Crippen LogP contribution is 2.41. The number of hydrogen-bond donors (Lipinski definition) is 0. The number of piperidine rings is 2. The quantitative estimate of drug-likeness (QED) is 0.158. The van der Waals surface area contributed by atoms with Gasteiger partial charge >= 0.3 is 12.4 Å². The number of pyridine rings is 2. The van der Waals surface area contributed by atoms with E-state index in [1.54, 1.807) is 92.5 Å². The highest BCUT2D eigenvalue weighted by molar-refractivity contribution is 5.87. The van der Waals surface area contributed by atoms with Crippen molar-refractivity contribution in [3.8, 4) is 0 Å². The summed E-state index contributed by atoms with van der Waals surface area (Å²) < 4.78 is 83.6. The number of benzene rings is 2. The lowest BCUT2D eigenvalue weighted by Crippen LogP contribution is -2.44. The first-order valence-corrected chi connectivity index (χ1v) is 19.1. The molecule has 10 nitrogen and oxygen atoms in total. The second kappa shape index (κ2) is 16.6. The Morgan fingerprint density at radius 1 is 0.586 bits per heavy atom. The van der Waals surface area contributed by atoms with Gasteiger partial charge in [0.1, 0.15) is 13.1 Å². The highest BCUT2D eigenvalue weighted by Gasteiger charge is 2.37. The van der Waals surface area contributed by atoms with Gasteiger partial charge in [0, 0.05) is 86.0 Å². The Morgan fingerprint density at radius 3 is 1.36 bits per heavy atom. The first kappa shape index (κ1) is 40.4. The van der Waals surface area contributed by atoms with Crippen LogP contribution in [0.15, 0.2) is 97.8 Å². The molecule has 0 aliphatic carbocycles. The van der Waals surface area contributed by atoms with Gasteiger partial charge in [-0.05, 0) is 72.2 Å². The van der Waals surface area contributed by atoms with E-state index in [4.69, 9.17) is 0 Å². The number of nitrogens with zero attached hydrogens (tertiary/aromatic N) is 8. The average molecular weight is 805 g/mol. The zero-order chi connectivity index (χ0) is 41.2. The second-order valence-corrected chi connectivity index (χ2v) is 15.3. The van der Waals surface area contributed by atoms with Crippen LogP contribution >= 0.6 is 0 Å². The molecule has 4 atom stereocenters. The van der Waals surface area contributed by atoms with E-state index in [1.807, 2.05) is 0 Å². The molecule has 2 fully saturated rings. The van der Waals surface area contributed by atoms with Crippen molar-refractivity contribution in [2.75, 3.05) is 26.2 Å². The average Bonchev–Trinajstić information content (AvgIpc) is 3.91. The Hall–Kier alpha value is -5.80. The number of alkyl halides is 6. The van der Waals surface area contributed by atoms with Crippen molar-refractivity contribution >= 4 is 33.6 Å². The van der Waals surface area contributed by atoms with Crippen LogP contribution in [0.25, 0.3) is 21.8 Å². The van der Waals surface area contributed by atoms with Gasteiger partial charge in [-0.3, -0.25) is 28.9 Å². The fourth-order valence-electron chi connectivity index (χ4n) is 8.39. The maximum Gasteiger partial charge on any atom is 0.418 e. The molecular weight excluding hydrogens is 763 g/mol. The molecule has 304 valence electrons. The van der Waals surface area contributed by atoms with E-state index in [2.05, 4.69) is 34.0 Å². The summed E-state index contributed by atoms with van der Waals surface area (Å²) in [7, 11) is 0. The smallest absolute Gasteiger partial charge is 0.340 e. The molecule has 2 saturated heterocycles. The minimum Gasteiger partial charge on any atom is -0.340 e. The molecule has 58 heavy (non-hydrogen) atoms. The van der Waals surface area contributed by atoms with E-state index in [9.17, 15) is 35.9 Å². The lowest BCUT2D eigenvalue weighted by molar-refractivity contribution is -0.137. The van der Waals surface area contributed by atoms with Gasteiger partial charge in [-0.2, -0.15) is 36.5 Å². The van der Waals surface area contributed by atoms with Crippen LogP contribution in [0.1, 0.15) is 60.8 Å². The van der Waals surface area contributed by atoms with Crippen LogP contribution in [0.5, 0.6) is 0 Å². The van der Waals surface area contributed by atoms with E-state index in [-0.39, 0.29) is 59.6 Å². The van der Waals surface area contributed by atoms with Gasteiger partial charge in [0.25, 0.3) is 0 Å². The number of carbonyl (C=O) groups is 2. The summed E-state index contributed by atoms with van der Waals surface area (Å²) in [6.07, 6.45) is 2.16. The molecule has 2 aromatic carbocycles. The molecular formula is C42H42F6N8O2. The van der Waals surface area contributed by atoms with Crippen LogP contribution in [0, 0.1) is 11.8 Å². The normalized spacial score (nSPS) is 20.2. The Balaban J connectivity index is 0.000000177. The molecule has 0 spiro atoms. The summed E-state index contributed by atoms with van der Waals surface area (Å²) in [5, 5.41) is 9.15. The molecule has 6 heterocycles. The third kappa shape index (κ3) is 9.00. The maximum atomic E-state index is 13.4. The Bertz CT molecular complexity index is 2200. The fraction of sp³-hybridized carbons (Fsp3) is 0.381. The fourth-order valence-corrected chi connectivity index (χ4v) is 8.39. The number of amides is 2. The molecule has 16 heteroatoms. The van der Waals surface area contributed by atoms with Crippen molar-refractivity contribution in [1.82, 2.24) is 39.3 Å². The van der Waals surface area contributed by atoms with Crippen LogP contribution in [0.3, 0.4) is 0 Å². The van der Waals surface area contributed by atoms with Gasteiger partial charge in [-0.15, -0.1) is 0 Å². The monoisotopic (exact) mass is 804 g/mol. The molecule has 4 aromatic heterocycles. The van der Waals surface area contributed by atoms with E-state index >= 15 is 0 Å². The molecule has 0 saturated carbocycles. The summed E-state index contributed by atoms with van der Waals surface area (Å²) in [6.45, 7) is 6.64. The summed E-state index contributed by atoms with van der Waals surface area (Å²) in [5.41, 5.74) is 0.0870. The lowest BCUT2D eigenvalue weighted by Gasteiger charge is -2.37. The summed E-state index contributed by atoms with van der Waals surface area (Å²) in [6, 6.07) is 15.5. The van der Waals surface area contributed by atoms with E-state index in [0.29, 0.717) is 37.0 Å². The highest BCUT2D eigenvalue weighted by atomic mass is 19.4. The lowest BCUT2D eigenvalue weighted by atomic mass is 9.83. The van der Waals surface area contributed by atoms with Gasteiger partial charge in [0.2, 0.25) is 11.8 Å². The van der Waals surface area contributed by atoms with Crippen LogP contribution < -0.4 is 0 Å². The van der Waals surface area contributed by atoms with Gasteiger partial charge in [0.15, 0.2) is 0 Å². The predicted octanol–water partition coefficient (Wildman–Crippen LogP) is 8.20. The van der Waals surface area contributed by atoms with Crippen molar-refractivity contribution < 1.29 is 35.9 Å². The molecule has 6 aromatic rings. The van der Waals surface area contributed by atoms with E-state index in [0.717, 1.165) is 36.1 Å². The Morgan fingerprint density at radius 2 is 1.00 bits per heavy atom. The maximum absolute atomic E-state index is 13.4. The van der Waals surface area contributed by atoms with Gasteiger partial charge in [-0.25, -0.2) is 0 Å². The molecule has 2 aliphatic heterocycles. The number of hydrogen-bond acceptors (Lipinski definition) is 6. The van der Waals surface area contributed by atoms with Crippen LogP contribution in [0.2, 0.25) is 0 Å². The van der Waals surface area contributed by atoms with Crippen molar-refractivity contribution in [1.29, 1.82) is 0 Å². The largest absolute Gasteiger partial charge is 0.418 e. The van der Waals surface area contributed by atoms with Crippen molar-refractivity contribution in [2.24, 2.45) is 11.8 Å². The van der Waals surface area contributed by atoms with Crippen molar-refractivity contribution in [3.63, 3.8) is 0 Å². The third-order valence-corrected chi connectivity index (χ3v) is 10.8. The number of likely N-dealkylation sites (tertiary alicyclic amines) is 2. The summed E-state index contributed by atoms with van der Waals surface area (Å²) >= 11 is 0. The predicted molar refractivity (Wildman–Crippen MR) is 204 cm³/mol. The zero-order valence-electron chi connectivity index (χ0n) is 31.9. The summed E-state index contributed by atoms with van der Waals surface area (Å²) in [5.74, 6) is 0.302. The number of fused-ring (bicyclic) bond motifs is 2. The summed E-state index contributed by atoms with van der Waals surface area (Å²) in [4.78, 5) is 37.1. The molecule has 0 bridgehead atoms. The van der Waals surface area contributed by atoms with Gasteiger partial charge in [-0.1, -0.05) is 38.1 Å². The van der Waals surface area contributed by atoms with Crippen LogP contribution in [-0.4, -0.2) is 77.3 Å². The zero-order valence-corrected chi connectivity index (χ0v) is 31.9. The minimum absolute atomic E-state index is 0.0369. The molecule has 2 amide bonds. The number of aromatic nitrogens is 6. The van der Waals surface area contributed by atoms with Gasteiger partial charge < -0.3 is 9.80 Å². The molecule has 0 N–H and O–H groups in total. The number of rotatable bonds is 6. The minimum atomic E-state index is -4.46. The van der Waals surface area contributed by atoms with Crippen molar-refractivity contribution in [3.05, 3.63) is 120 Å². The van der Waals surface area contributed by atoms with E-state index < -0.39 is 23.5 Å². The molecule has 2 aliphatic rings. The Labute approximate surface area is 330 Å². The standard InChI is InChI=1S/2C21H21F3N4O/c2*1-14-10-15(12-27(11-14)19(29)13-28-9-3-8-26-28)16-5-6-18(21(22,23)24)20-17(16)4-2-7-25-20/h2*2-9,14-15H,10-13H2,1H3/t14-,15+;14-,15-/m11/s1.